The number of esters is 2. The Kier molecular flexibility index (Phi) is 4.72. The van der Waals surface area contributed by atoms with Gasteiger partial charge in [0.2, 0.25) is 5.91 Å². The van der Waals surface area contributed by atoms with E-state index < -0.39 is 24.6 Å². The van der Waals surface area contributed by atoms with Gasteiger partial charge in [-0.05, 0) is 17.7 Å². The molecule has 0 spiro atoms. The first-order valence-corrected chi connectivity index (χ1v) is 8.38. The van der Waals surface area contributed by atoms with Crippen LogP contribution in [0.4, 0.5) is 0 Å². The van der Waals surface area contributed by atoms with Crippen molar-refractivity contribution in [2.24, 2.45) is 5.73 Å². The van der Waals surface area contributed by atoms with Gasteiger partial charge in [0.15, 0.2) is 12.4 Å². The second kappa shape index (κ2) is 6.80. The van der Waals surface area contributed by atoms with Gasteiger partial charge in [0, 0.05) is 5.75 Å². The zero-order valence-electron chi connectivity index (χ0n) is 13.5. The number of carbonyl (C=O) groups excluding carboxylic acids is 3. The lowest BCUT2D eigenvalue weighted by molar-refractivity contribution is -0.158. The average molecular weight is 368 g/mol. The fraction of sp³-hybridized carbons (Fsp3) is 0.538. The second-order valence-corrected chi connectivity index (χ2v) is 6.51. The predicted molar refractivity (Wildman–Crippen MR) is 83.6 cm³/mol. The SMILES string of the molecule is COC(=O)COC(=O)C1=C(Cn2nnc(C)n2)CS[C@H]2C(N)C(=O)N12. The Labute approximate surface area is 146 Å². The number of fused-ring (bicyclic) bond motifs is 1. The largest absolute Gasteiger partial charge is 0.466 e. The third kappa shape index (κ3) is 3.22. The average Bonchev–Trinajstić information content (AvgIpc) is 3.02. The molecule has 1 aromatic rings. The second-order valence-electron chi connectivity index (χ2n) is 5.41. The first-order chi connectivity index (χ1) is 11.9. The van der Waals surface area contributed by atoms with Crippen molar-refractivity contribution in [1.82, 2.24) is 25.1 Å². The molecule has 134 valence electrons. The van der Waals surface area contributed by atoms with Crippen LogP contribution in [0.3, 0.4) is 0 Å². The van der Waals surface area contributed by atoms with Crippen LogP contribution in [0.25, 0.3) is 0 Å². The van der Waals surface area contributed by atoms with Gasteiger partial charge < -0.3 is 15.2 Å². The molecule has 12 heteroatoms. The quantitative estimate of drug-likeness (QED) is 0.467. The molecule has 3 heterocycles. The number of methoxy groups -OCH3 is 1. The highest BCUT2D eigenvalue weighted by atomic mass is 32.2. The van der Waals surface area contributed by atoms with Gasteiger partial charge in [0.25, 0.3) is 0 Å². The van der Waals surface area contributed by atoms with Gasteiger partial charge in [-0.25, -0.2) is 9.59 Å². The summed E-state index contributed by atoms with van der Waals surface area (Å²) in [7, 11) is 1.19. The maximum atomic E-state index is 12.5. The van der Waals surface area contributed by atoms with E-state index in [1.54, 1.807) is 6.92 Å². The summed E-state index contributed by atoms with van der Waals surface area (Å²) in [5.74, 6) is -0.924. The first kappa shape index (κ1) is 17.4. The van der Waals surface area contributed by atoms with Crippen molar-refractivity contribution < 1.29 is 23.9 Å². The smallest absolute Gasteiger partial charge is 0.355 e. The standard InChI is InChI=1S/C13H16N6O5S/c1-6-15-17-18(16-6)3-7-5-25-12-9(14)11(21)19(12)10(7)13(22)24-4-8(20)23-2/h9,12H,3-5,14H2,1-2H3/t9?,12-/m0/s1. The number of thioether (sulfide) groups is 1. The fourth-order valence-corrected chi connectivity index (χ4v) is 3.78. The number of β-lactam (4-membered cyclic amide) rings is 1. The zero-order valence-corrected chi connectivity index (χ0v) is 14.4. The van der Waals surface area contributed by atoms with E-state index in [2.05, 4.69) is 20.1 Å². The molecule has 2 aliphatic rings. The van der Waals surface area contributed by atoms with Gasteiger partial charge in [0.1, 0.15) is 17.1 Å². The molecule has 0 aliphatic carbocycles. The summed E-state index contributed by atoms with van der Waals surface area (Å²) in [6.07, 6.45) is 0. The zero-order chi connectivity index (χ0) is 18.1. The number of hydrogen-bond acceptors (Lipinski definition) is 10. The number of nitrogens with zero attached hydrogens (tertiary/aromatic N) is 5. The number of ether oxygens (including phenoxy) is 2. The van der Waals surface area contributed by atoms with Gasteiger partial charge in [-0.2, -0.15) is 4.80 Å². The number of nitrogens with two attached hydrogens (primary N) is 1. The summed E-state index contributed by atoms with van der Waals surface area (Å²) in [5, 5.41) is 11.4. The van der Waals surface area contributed by atoms with Crippen molar-refractivity contribution in [3.05, 3.63) is 17.1 Å². The number of aromatic nitrogens is 4. The van der Waals surface area contributed by atoms with E-state index in [1.165, 1.54) is 28.6 Å². The first-order valence-electron chi connectivity index (χ1n) is 7.33. The van der Waals surface area contributed by atoms with Gasteiger partial charge in [-0.3, -0.25) is 9.69 Å². The Morgan fingerprint density at radius 1 is 1.44 bits per heavy atom. The highest BCUT2D eigenvalue weighted by molar-refractivity contribution is 8.00. The minimum atomic E-state index is -0.789. The van der Waals surface area contributed by atoms with Crippen LogP contribution in [0.1, 0.15) is 5.82 Å². The van der Waals surface area contributed by atoms with Crippen LogP contribution in [0, 0.1) is 6.92 Å². The monoisotopic (exact) mass is 368 g/mol. The van der Waals surface area contributed by atoms with Gasteiger partial charge >= 0.3 is 11.9 Å². The van der Waals surface area contributed by atoms with E-state index in [4.69, 9.17) is 10.5 Å². The van der Waals surface area contributed by atoms with Gasteiger partial charge in [-0.1, -0.05) is 0 Å². The minimum absolute atomic E-state index is 0.0781. The summed E-state index contributed by atoms with van der Waals surface area (Å²) >= 11 is 1.44. The molecular formula is C13H16N6O5S. The number of rotatable bonds is 5. The van der Waals surface area contributed by atoms with Crippen LogP contribution in [0.2, 0.25) is 0 Å². The lowest BCUT2D eigenvalue weighted by Gasteiger charge is -2.48. The fourth-order valence-electron chi connectivity index (χ4n) is 2.50. The van der Waals surface area contributed by atoms with Crippen molar-refractivity contribution in [3.8, 4) is 0 Å². The van der Waals surface area contributed by atoms with Crippen LogP contribution in [-0.4, -0.2) is 73.8 Å². The lowest BCUT2D eigenvalue weighted by Crippen LogP contribution is -2.68. The van der Waals surface area contributed by atoms with Crippen molar-refractivity contribution >= 4 is 29.6 Å². The number of amides is 1. The Bertz CT molecular complexity index is 762. The molecule has 25 heavy (non-hydrogen) atoms. The molecule has 0 saturated carbocycles. The summed E-state index contributed by atoms with van der Waals surface area (Å²) in [4.78, 5) is 38.4. The molecular weight excluding hydrogens is 352 g/mol. The van der Waals surface area contributed by atoms with Crippen LogP contribution in [-0.2, 0) is 30.4 Å². The molecule has 2 N–H and O–H groups in total. The van der Waals surface area contributed by atoms with E-state index in [0.29, 0.717) is 17.2 Å². The Morgan fingerprint density at radius 3 is 2.84 bits per heavy atom. The van der Waals surface area contributed by atoms with Crippen molar-refractivity contribution in [1.29, 1.82) is 0 Å². The normalized spacial score (nSPS) is 22.4. The molecule has 11 nitrogen and oxygen atoms in total. The summed E-state index contributed by atoms with van der Waals surface area (Å²) in [5.41, 5.74) is 6.45. The van der Waals surface area contributed by atoms with Crippen molar-refractivity contribution in [3.63, 3.8) is 0 Å². The van der Waals surface area contributed by atoms with Crippen LogP contribution >= 0.6 is 11.8 Å². The third-order valence-electron chi connectivity index (χ3n) is 3.72. The molecule has 1 amide bonds. The highest BCUT2D eigenvalue weighted by Gasteiger charge is 2.52. The van der Waals surface area contributed by atoms with Crippen LogP contribution < -0.4 is 5.73 Å². The predicted octanol–water partition coefficient (Wildman–Crippen LogP) is -1.81. The van der Waals surface area contributed by atoms with Crippen molar-refractivity contribution in [2.45, 2.75) is 24.9 Å². The molecule has 1 fully saturated rings. The molecule has 2 aliphatic heterocycles. The van der Waals surface area contributed by atoms with E-state index in [1.807, 2.05) is 0 Å². The van der Waals surface area contributed by atoms with E-state index >= 15 is 0 Å². The Hall–Kier alpha value is -2.47. The molecule has 0 aromatic carbocycles. The molecule has 0 radical (unpaired) electrons. The highest BCUT2D eigenvalue weighted by Crippen LogP contribution is 2.40. The number of hydrogen-bond donors (Lipinski definition) is 1. The van der Waals surface area contributed by atoms with Gasteiger partial charge in [0.05, 0.1) is 13.7 Å². The molecule has 0 bridgehead atoms. The maximum absolute atomic E-state index is 12.5. The minimum Gasteiger partial charge on any atom is -0.466 e. The summed E-state index contributed by atoms with van der Waals surface area (Å²) < 4.78 is 9.41. The lowest BCUT2D eigenvalue weighted by atomic mass is 10.0. The molecule has 2 atom stereocenters. The van der Waals surface area contributed by atoms with Gasteiger partial charge in [-0.15, -0.1) is 22.0 Å². The number of carbonyl (C=O) groups is 3. The van der Waals surface area contributed by atoms with Crippen molar-refractivity contribution in [2.75, 3.05) is 19.5 Å². The molecule has 1 aromatic heterocycles. The number of tetrazole rings is 1. The summed E-state index contributed by atoms with van der Waals surface area (Å²) in [6.45, 7) is 1.31. The maximum Gasteiger partial charge on any atom is 0.355 e. The molecule has 3 rings (SSSR count). The van der Waals surface area contributed by atoms with Crippen LogP contribution in [0.15, 0.2) is 11.3 Å². The van der Waals surface area contributed by atoms with Crippen LogP contribution in [0.5, 0.6) is 0 Å². The Balaban J connectivity index is 1.87. The van der Waals surface area contributed by atoms with E-state index in [9.17, 15) is 14.4 Å². The number of aryl methyl sites for hydroxylation is 1. The molecule has 1 unspecified atom stereocenters. The van der Waals surface area contributed by atoms with E-state index in [0.717, 1.165) is 0 Å². The molecule has 1 saturated heterocycles. The summed E-state index contributed by atoms with van der Waals surface area (Å²) in [6, 6.07) is -0.665. The van der Waals surface area contributed by atoms with E-state index in [-0.39, 0.29) is 23.5 Å². The topological polar surface area (TPSA) is 143 Å². The third-order valence-corrected chi connectivity index (χ3v) is 5.08. The Morgan fingerprint density at radius 2 is 2.20 bits per heavy atom.